The summed E-state index contributed by atoms with van der Waals surface area (Å²) in [5, 5.41) is 8.96. The zero-order chi connectivity index (χ0) is 13.0. The van der Waals surface area contributed by atoms with Gasteiger partial charge in [-0.25, -0.2) is 0 Å². The van der Waals surface area contributed by atoms with Crippen LogP contribution in [0.2, 0.25) is 0 Å². The van der Waals surface area contributed by atoms with E-state index in [1.807, 2.05) is 37.3 Å². The highest BCUT2D eigenvalue weighted by Gasteiger charge is 2.08. The highest BCUT2D eigenvalue weighted by Crippen LogP contribution is 2.26. The van der Waals surface area contributed by atoms with Crippen LogP contribution >= 0.6 is 0 Å². The summed E-state index contributed by atoms with van der Waals surface area (Å²) in [4.78, 5) is 2.23. The molecular weight excluding hydrogens is 220 g/mol. The summed E-state index contributed by atoms with van der Waals surface area (Å²) < 4.78 is 0. The van der Waals surface area contributed by atoms with Gasteiger partial charge in [0.15, 0.2) is 0 Å². The van der Waals surface area contributed by atoms with Crippen molar-refractivity contribution < 1.29 is 0 Å². The third-order valence-corrected chi connectivity index (χ3v) is 3.03. The van der Waals surface area contributed by atoms with Crippen molar-refractivity contribution in [2.75, 3.05) is 11.4 Å². The smallest absolute Gasteiger partial charge is 0.0994 e. The molecule has 0 heterocycles. The lowest BCUT2D eigenvalue weighted by Gasteiger charge is -2.23. The molecule has 0 fully saturated rings. The fourth-order valence-corrected chi connectivity index (χ4v) is 2.06. The van der Waals surface area contributed by atoms with Gasteiger partial charge in [0.2, 0.25) is 0 Å². The Morgan fingerprint density at radius 1 is 1.06 bits per heavy atom. The van der Waals surface area contributed by atoms with E-state index >= 15 is 0 Å². The van der Waals surface area contributed by atoms with Gasteiger partial charge in [-0.2, -0.15) is 5.26 Å². The lowest BCUT2D eigenvalue weighted by atomic mass is 10.1. The second kappa shape index (κ2) is 5.37. The van der Waals surface area contributed by atoms with Gasteiger partial charge in [-0.05, 0) is 49.7 Å². The molecule has 2 heteroatoms. The molecule has 2 rings (SSSR count). The molecule has 2 nitrogen and oxygen atoms in total. The van der Waals surface area contributed by atoms with Gasteiger partial charge in [-0.3, -0.25) is 0 Å². The number of hydrogen-bond donors (Lipinski definition) is 0. The fraction of sp³-hybridized carbons (Fsp3) is 0.188. The van der Waals surface area contributed by atoms with Gasteiger partial charge in [0.1, 0.15) is 0 Å². The molecule has 0 N–H and O–H groups in total. The zero-order valence-corrected chi connectivity index (χ0v) is 10.7. The van der Waals surface area contributed by atoms with Crippen molar-refractivity contribution in [3.8, 4) is 6.07 Å². The number of aryl methyl sites for hydroxylation is 1. The van der Waals surface area contributed by atoms with E-state index in [1.165, 1.54) is 5.69 Å². The SMILES string of the molecule is CCN(c1ccccc1)c1ccc(C#N)c(C)c1. The highest BCUT2D eigenvalue weighted by molar-refractivity contribution is 5.64. The number of para-hydroxylation sites is 1. The second-order valence-electron chi connectivity index (χ2n) is 4.19. The first-order valence-electron chi connectivity index (χ1n) is 6.09. The summed E-state index contributed by atoms with van der Waals surface area (Å²) in [6, 6.07) is 18.4. The van der Waals surface area contributed by atoms with Crippen molar-refractivity contribution >= 4 is 11.4 Å². The summed E-state index contributed by atoms with van der Waals surface area (Å²) in [6.07, 6.45) is 0. The molecule has 2 aromatic rings. The average molecular weight is 236 g/mol. The monoisotopic (exact) mass is 236 g/mol. The quantitative estimate of drug-likeness (QED) is 0.804. The zero-order valence-electron chi connectivity index (χ0n) is 10.7. The van der Waals surface area contributed by atoms with Crippen LogP contribution in [0, 0.1) is 18.3 Å². The topological polar surface area (TPSA) is 27.0 Å². The standard InChI is InChI=1S/C16H16N2/c1-3-18(15-7-5-4-6-8-15)16-10-9-14(12-17)13(2)11-16/h4-11H,3H2,1-2H3. The summed E-state index contributed by atoms with van der Waals surface area (Å²) in [5.74, 6) is 0. The normalized spacial score (nSPS) is 9.83. The van der Waals surface area contributed by atoms with Crippen LogP contribution in [0.15, 0.2) is 48.5 Å². The molecule has 0 bridgehead atoms. The van der Waals surface area contributed by atoms with E-state index in [0.717, 1.165) is 23.4 Å². The van der Waals surface area contributed by atoms with Crippen LogP contribution in [0.1, 0.15) is 18.1 Å². The number of nitrogens with zero attached hydrogens (tertiary/aromatic N) is 2. The van der Waals surface area contributed by atoms with Gasteiger partial charge < -0.3 is 4.90 Å². The lowest BCUT2D eigenvalue weighted by Crippen LogP contribution is -2.15. The molecule has 0 spiro atoms. The minimum absolute atomic E-state index is 0.739. The van der Waals surface area contributed by atoms with E-state index in [9.17, 15) is 0 Å². The second-order valence-corrected chi connectivity index (χ2v) is 4.19. The van der Waals surface area contributed by atoms with E-state index in [0.29, 0.717) is 0 Å². The van der Waals surface area contributed by atoms with Gasteiger partial charge in [-0.15, -0.1) is 0 Å². The molecule has 90 valence electrons. The Bertz CT molecular complexity index is 567. The highest BCUT2D eigenvalue weighted by atomic mass is 15.1. The summed E-state index contributed by atoms with van der Waals surface area (Å²) in [7, 11) is 0. The van der Waals surface area contributed by atoms with Crippen LogP contribution in [0.25, 0.3) is 0 Å². The van der Waals surface area contributed by atoms with E-state index in [4.69, 9.17) is 5.26 Å². The third-order valence-electron chi connectivity index (χ3n) is 3.03. The first-order chi connectivity index (χ1) is 8.76. The van der Waals surface area contributed by atoms with Crippen molar-refractivity contribution in [3.05, 3.63) is 59.7 Å². The average Bonchev–Trinajstić information content (AvgIpc) is 2.41. The predicted octanol–water partition coefficient (Wildman–Crippen LogP) is 4.02. The van der Waals surface area contributed by atoms with Gasteiger partial charge >= 0.3 is 0 Å². The molecule has 0 amide bonds. The van der Waals surface area contributed by atoms with Crippen LogP contribution in [0.3, 0.4) is 0 Å². The minimum Gasteiger partial charge on any atom is -0.342 e. The molecule has 0 aromatic heterocycles. The van der Waals surface area contributed by atoms with Crippen LogP contribution in [-0.4, -0.2) is 6.54 Å². The van der Waals surface area contributed by atoms with Crippen LogP contribution < -0.4 is 4.90 Å². The Labute approximate surface area is 108 Å². The van der Waals surface area contributed by atoms with Crippen molar-refractivity contribution in [1.29, 1.82) is 5.26 Å². The van der Waals surface area contributed by atoms with Crippen LogP contribution in [0.4, 0.5) is 11.4 Å². The van der Waals surface area contributed by atoms with Gasteiger partial charge in [0.25, 0.3) is 0 Å². The maximum Gasteiger partial charge on any atom is 0.0994 e. The van der Waals surface area contributed by atoms with Gasteiger partial charge in [0, 0.05) is 17.9 Å². The summed E-state index contributed by atoms with van der Waals surface area (Å²) in [5.41, 5.74) is 4.05. The lowest BCUT2D eigenvalue weighted by molar-refractivity contribution is 1.02. The molecule has 2 aromatic carbocycles. The number of rotatable bonds is 3. The molecular formula is C16H16N2. The number of anilines is 2. The number of nitriles is 1. The molecule has 0 radical (unpaired) electrons. The van der Waals surface area contributed by atoms with Crippen molar-refractivity contribution in [2.45, 2.75) is 13.8 Å². The Hall–Kier alpha value is -2.27. The minimum atomic E-state index is 0.739. The van der Waals surface area contributed by atoms with Crippen molar-refractivity contribution in [1.82, 2.24) is 0 Å². The molecule has 0 atom stereocenters. The first kappa shape index (κ1) is 12.2. The molecule has 0 saturated heterocycles. The first-order valence-corrected chi connectivity index (χ1v) is 6.09. The maximum atomic E-state index is 8.96. The molecule has 0 aliphatic rings. The Kier molecular flexibility index (Phi) is 3.64. The Balaban J connectivity index is 2.41. The molecule has 0 unspecified atom stereocenters. The third kappa shape index (κ3) is 2.36. The van der Waals surface area contributed by atoms with Crippen LogP contribution in [0.5, 0.6) is 0 Å². The summed E-state index contributed by atoms with van der Waals surface area (Å²) in [6.45, 7) is 5.00. The van der Waals surface area contributed by atoms with Gasteiger partial charge in [-0.1, -0.05) is 18.2 Å². The fourth-order valence-electron chi connectivity index (χ4n) is 2.06. The molecule has 0 saturated carbocycles. The Morgan fingerprint density at radius 2 is 1.78 bits per heavy atom. The largest absolute Gasteiger partial charge is 0.342 e. The Morgan fingerprint density at radius 3 is 2.33 bits per heavy atom. The molecule has 18 heavy (non-hydrogen) atoms. The predicted molar refractivity (Wildman–Crippen MR) is 75.0 cm³/mol. The number of benzene rings is 2. The van der Waals surface area contributed by atoms with Gasteiger partial charge in [0.05, 0.1) is 11.6 Å². The number of hydrogen-bond acceptors (Lipinski definition) is 2. The molecule has 0 aliphatic carbocycles. The maximum absolute atomic E-state index is 8.96. The summed E-state index contributed by atoms with van der Waals surface area (Å²) >= 11 is 0. The van der Waals surface area contributed by atoms with E-state index in [1.54, 1.807) is 0 Å². The van der Waals surface area contributed by atoms with Crippen molar-refractivity contribution in [3.63, 3.8) is 0 Å². The van der Waals surface area contributed by atoms with E-state index < -0.39 is 0 Å². The van der Waals surface area contributed by atoms with Crippen molar-refractivity contribution in [2.24, 2.45) is 0 Å². The van der Waals surface area contributed by atoms with E-state index in [2.05, 4.69) is 36.1 Å². The molecule has 0 aliphatic heterocycles. The van der Waals surface area contributed by atoms with E-state index in [-0.39, 0.29) is 0 Å². The van der Waals surface area contributed by atoms with Crippen LogP contribution in [-0.2, 0) is 0 Å².